The van der Waals surface area contributed by atoms with E-state index in [1.165, 1.54) is 12.7 Å². The van der Waals surface area contributed by atoms with E-state index in [9.17, 15) is 9.59 Å². The fourth-order valence-corrected chi connectivity index (χ4v) is 3.04. The van der Waals surface area contributed by atoms with Crippen LogP contribution in [0.1, 0.15) is 35.1 Å². The molecule has 1 aromatic carbocycles. The van der Waals surface area contributed by atoms with Crippen LogP contribution in [0.25, 0.3) is 0 Å². The van der Waals surface area contributed by atoms with E-state index < -0.39 is 12.4 Å². The molecule has 120 valence electrons. The number of aryl methyl sites for hydroxylation is 3. The molecule has 0 bridgehead atoms. The van der Waals surface area contributed by atoms with Gasteiger partial charge in [-0.05, 0) is 43.9 Å². The number of rotatable bonds is 3. The van der Waals surface area contributed by atoms with Gasteiger partial charge in [-0.25, -0.2) is 4.79 Å². The lowest BCUT2D eigenvalue weighted by atomic mass is 9.97. The molecule has 0 saturated carbocycles. The Balaban J connectivity index is 2.10. The first-order valence-corrected chi connectivity index (χ1v) is 7.53. The summed E-state index contributed by atoms with van der Waals surface area (Å²) in [7, 11) is 1.27. The van der Waals surface area contributed by atoms with Gasteiger partial charge in [-0.2, -0.15) is 0 Å². The molecule has 0 spiro atoms. The maximum absolute atomic E-state index is 12.6. The molecule has 22 heavy (non-hydrogen) atoms. The molecule has 1 heterocycles. The summed E-state index contributed by atoms with van der Waals surface area (Å²) in [4.78, 5) is 25.5. The number of nitrogens with zero attached hydrogens (tertiary/aromatic N) is 1. The van der Waals surface area contributed by atoms with Gasteiger partial charge < -0.3 is 14.4 Å². The molecular formula is C17H23NO4. The van der Waals surface area contributed by atoms with Crippen LogP contribution < -0.4 is 0 Å². The molecule has 1 amide bonds. The zero-order valence-electron chi connectivity index (χ0n) is 13.6. The second-order valence-corrected chi connectivity index (χ2v) is 5.81. The van der Waals surface area contributed by atoms with E-state index >= 15 is 0 Å². The van der Waals surface area contributed by atoms with Gasteiger partial charge in [0.2, 0.25) is 5.91 Å². The molecule has 1 aliphatic heterocycles. The van der Waals surface area contributed by atoms with Gasteiger partial charge in [0, 0.05) is 13.0 Å². The average Bonchev–Trinajstić information content (AvgIpc) is 2.90. The van der Waals surface area contributed by atoms with E-state index in [0.29, 0.717) is 19.4 Å². The Hall–Kier alpha value is -2.04. The van der Waals surface area contributed by atoms with E-state index in [1.807, 2.05) is 20.8 Å². The Kier molecular flexibility index (Phi) is 5.06. The third-order valence-corrected chi connectivity index (χ3v) is 4.09. The van der Waals surface area contributed by atoms with E-state index in [0.717, 1.165) is 23.1 Å². The first kappa shape index (κ1) is 16.3. The van der Waals surface area contributed by atoms with Crippen LogP contribution >= 0.6 is 0 Å². The van der Waals surface area contributed by atoms with E-state index in [-0.39, 0.29) is 5.91 Å². The highest BCUT2D eigenvalue weighted by Gasteiger charge is 2.32. The Bertz CT molecular complexity index is 559. The summed E-state index contributed by atoms with van der Waals surface area (Å²) in [5, 5.41) is 0. The minimum absolute atomic E-state index is 0.0125. The normalized spacial score (nSPS) is 17.5. The number of methoxy groups -OCH3 is 1. The Morgan fingerprint density at radius 2 is 1.86 bits per heavy atom. The lowest BCUT2D eigenvalue weighted by Gasteiger charge is -2.24. The van der Waals surface area contributed by atoms with E-state index in [4.69, 9.17) is 4.74 Å². The number of benzene rings is 1. The highest BCUT2D eigenvalue weighted by Crippen LogP contribution is 2.23. The van der Waals surface area contributed by atoms with Crippen LogP contribution in [0, 0.1) is 20.8 Å². The van der Waals surface area contributed by atoms with E-state index in [1.54, 1.807) is 4.90 Å². The number of amides is 1. The fraction of sp³-hybridized carbons (Fsp3) is 0.529. The number of hydrogen-bond donors (Lipinski definition) is 0. The van der Waals surface area contributed by atoms with Crippen molar-refractivity contribution in [3.63, 3.8) is 0 Å². The molecule has 5 nitrogen and oxygen atoms in total. The fourth-order valence-electron chi connectivity index (χ4n) is 3.04. The number of likely N-dealkylation sites (tertiary alicyclic amines) is 1. The van der Waals surface area contributed by atoms with E-state index in [2.05, 4.69) is 16.9 Å². The zero-order chi connectivity index (χ0) is 16.3. The van der Waals surface area contributed by atoms with Crippen LogP contribution in [0.15, 0.2) is 12.1 Å². The lowest BCUT2D eigenvalue weighted by molar-refractivity contribution is -0.138. The van der Waals surface area contributed by atoms with Crippen LogP contribution in [0.5, 0.6) is 0 Å². The van der Waals surface area contributed by atoms with Crippen molar-refractivity contribution in [1.29, 1.82) is 0 Å². The third-order valence-electron chi connectivity index (χ3n) is 4.09. The summed E-state index contributed by atoms with van der Waals surface area (Å²) >= 11 is 0. The monoisotopic (exact) mass is 305 g/mol. The maximum atomic E-state index is 12.6. The topological polar surface area (TPSA) is 55.8 Å². The van der Waals surface area contributed by atoms with Crippen molar-refractivity contribution < 1.29 is 19.1 Å². The van der Waals surface area contributed by atoms with Gasteiger partial charge in [0.15, 0.2) is 6.23 Å². The van der Waals surface area contributed by atoms with Gasteiger partial charge >= 0.3 is 6.16 Å². The summed E-state index contributed by atoms with van der Waals surface area (Å²) in [5.41, 5.74) is 4.49. The first-order chi connectivity index (χ1) is 10.4. The number of carbonyl (C=O) groups is 2. The number of ether oxygens (including phenoxy) is 2. The Morgan fingerprint density at radius 3 is 2.45 bits per heavy atom. The molecule has 2 rings (SSSR count). The molecule has 1 aliphatic rings. The van der Waals surface area contributed by atoms with Crippen LogP contribution in [0.3, 0.4) is 0 Å². The second kappa shape index (κ2) is 6.81. The molecule has 0 aromatic heterocycles. The van der Waals surface area contributed by atoms with Gasteiger partial charge in [0.1, 0.15) is 0 Å². The molecule has 0 N–H and O–H groups in total. The van der Waals surface area contributed by atoms with Gasteiger partial charge in [-0.3, -0.25) is 4.79 Å². The molecular weight excluding hydrogens is 282 g/mol. The van der Waals surface area contributed by atoms with Gasteiger partial charge in [0.05, 0.1) is 13.5 Å². The average molecular weight is 305 g/mol. The molecule has 1 aromatic rings. The van der Waals surface area contributed by atoms with Gasteiger partial charge in [-0.15, -0.1) is 0 Å². The lowest BCUT2D eigenvalue weighted by Crippen LogP contribution is -2.39. The minimum atomic E-state index is -0.743. The highest BCUT2D eigenvalue weighted by molar-refractivity contribution is 5.80. The van der Waals surface area contributed by atoms with Crippen molar-refractivity contribution in [2.75, 3.05) is 13.7 Å². The van der Waals surface area contributed by atoms with Crippen molar-refractivity contribution in [3.8, 4) is 0 Å². The SMILES string of the molecule is COC(=O)OC1CCCN1C(=O)Cc1c(C)cc(C)cc1C. The van der Waals surface area contributed by atoms with Gasteiger partial charge in [-0.1, -0.05) is 17.7 Å². The molecule has 1 saturated heterocycles. The molecule has 0 radical (unpaired) electrons. The van der Waals surface area contributed by atoms with Crippen LogP contribution in [-0.4, -0.2) is 36.8 Å². The zero-order valence-corrected chi connectivity index (χ0v) is 13.6. The summed E-state index contributed by atoms with van der Waals surface area (Å²) in [6.45, 7) is 6.71. The largest absolute Gasteiger partial charge is 0.509 e. The van der Waals surface area contributed by atoms with Crippen molar-refractivity contribution in [1.82, 2.24) is 4.90 Å². The standard InChI is InChI=1S/C17H23NO4/c1-11-8-12(2)14(13(3)9-11)10-15(19)18-7-5-6-16(18)22-17(20)21-4/h8-9,16H,5-7,10H2,1-4H3. The summed E-state index contributed by atoms with van der Waals surface area (Å²) in [6.07, 6.45) is 0.573. The first-order valence-electron chi connectivity index (χ1n) is 7.53. The molecule has 1 fully saturated rings. The Labute approximate surface area is 131 Å². The smallest absolute Gasteiger partial charge is 0.438 e. The highest BCUT2D eigenvalue weighted by atomic mass is 16.7. The summed E-state index contributed by atoms with van der Waals surface area (Å²) in [5.74, 6) is -0.0125. The van der Waals surface area contributed by atoms with Crippen molar-refractivity contribution >= 4 is 12.1 Å². The number of carbonyl (C=O) groups excluding carboxylic acids is 2. The third kappa shape index (κ3) is 3.59. The maximum Gasteiger partial charge on any atom is 0.509 e. The molecule has 1 unspecified atom stereocenters. The van der Waals surface area contributed by atoms with Crippen LogP contribution in [0.4, 0.5) is 4.79 Å². The molecule has 0 aliphatic carbocycles. The predicted molar refractivity (Wildman–Crippen MR) is 82.6 cm³/mol. The van der Waals surface area contributed by atoms with Crippen LogP contribution in [0.2, 0.25) is 0 Å². The van der Waals surface area contributed by atoms with Crippen molar-refractivity contribution in [3.05, 3.63) is 34.4 Å². The second-order valence-electron chi connectivity index (χ2n) is 5.81. The number of hydrogen-bond acceptors (Lipinski definition) is 4. The van der Waals surface area contributed by atoms with Gasteiger partial charge in [0.25, 0.3) is 0 Å². The molecule has 5 heteroatoms. The minimum Gasteiger partial charge on any atom is -0.438 e. The quantitative estimate of drug-likeness (QED) is 0.806. The Morgan fingerprint density at radius 1 is 1.23 bits per heavy atom. The predicted octanol–water partition coefficient (Wildman–Crippen LogP) is 2.89. The van der Waals surface area contributed by atoms with Crippen molar-refractivity contribution in [2.45, 2.75) is 46.3 Å². The van der Waals surface area contributed by atoms with Crippen LogP contribution in [-0.2, 0) is 20.7 Å². The molecule has 1 atom stereocenters. The summed E-state index contributed by atoms with van der Waals surface area (Å²) < 4.78 is 9.67. The van der Waals surface area contributed by atoms with Crippen molar-refractivity contribution in [2.24, 2.45) is 0 Å². The summed E-state index contributed by atoms with van der Waals surface area (Å²) in [6, 6.07) is 4.17.